The predicted molar refractivity (Wildman–Crippen MR) is 64.5 cm³/mol. The number of nitrogens with one attached hydrogen (secondary N) is 1. The Bertz CT molecular complexity index is 249. The van der Waals surface area contributed by atoms with E-state index in [9.17, 15) is 4.79 Å². The fraction of sp³-hybridized carbons (Fsp3) is 0.917. The summed E-state index contributed by atoms with van der Waals surface area (Å²) in [4.78, 5) is 13.3. The van der Waals surface area contributed by atoms with Gasteiger partial charge in [-0.1, -0.05) is 0 Å². The summed E-state index contributed by atoms with van der Waals surface area (Å²) < 4.78 is 0. The van der Waals surface area contributed by atoms with Crippen LogP contribution < -0.4 is 5.32 Å². The summed E-state index contributed by atoms with van der Waals surface area (Å²) in [6.07, 6.45) is 2.61. The summed E-state index contributed by atoms with van der Waals surface area (Å²) in [6.45, 7) is 7.04. The van der Waals surface area contributed by atoms with E-state index in [1.807, 2.05) is 0 Å². The molecule has 0 radical (unpaired) electrons. The van der Waals surface area contributed by atoms with Gasteiger partial charge in [-0.3, -0.25) is 9.69 Å². The summed E-state index contributed by atoms with van der Waals surface area (Å²) in [5, 5.41) is 12.2. The monoisotopic (exact) mass is 228 g/mol. The zero-order valence-corrected chi connectivity index (χ0v) is 10.8. The minimum atomic E-state index is -0.747. The van der Waals surface area contributed by atoms with Gasteiger partial charge in [0.05, 0.1) is 5.41 Å². The number of nitrogens with zero attached hydrogens (tertiary/aromatic N) is 1. The topological polar surface area (TPSA) is 52.6 Å². The van der Waals surface area contributed by atoms with Crippen LogP contribution in [0.15, 0.2) is 0 Å². The molecular weight excluding hydrogens is 204 g/mol. The quantitative estimate of drug-likeness (QED) is 0.687. The number of hydrogen-bond donors (Lipinski definition) is 2. The van der Waals surface area contributed by atoms with Gasteiger partial charge in [0, 0.05) is 25.2 Å². The molecule has 0 aliphatic heterocycles. The minimum Gasteiger partial charge on any atom is -0.481 e. The first-order valence-electron chi connectivity index (χ1n) is 6.00. The van der Waals surface area contributed by atoms with Gasteiger partial charge in [0.15, 0.2) is 0 Å². The van der Waals surface area contributed by atoms with Gasteiger partial charge in [-0.05, 0) is 40.7 Å². The van der Waals surface area contributed by atoms with Crippen LogP contribution in [0.1, 0.15) is 33.6 Å². The van der Waals surface area contributed by atoms with Crippen molar-refractivity contribution in [1.82, 2.24) is 10.2 Å². The van der Waals surface area contributed by atoms with E-state index in [0.29, 0.717) is 12.6 Å². The normalized spacial score (nSPS) is 18.8. The van der Waals surface area contributed by atoms with Gasteiger partial charge < -0.3 is 10.4 Å². The molecule has 1 fully saturated rings. The second-order valence-corrected chi connectivity index (χ2v) is 5.57. The maximum atomic E-state index is 10.9. The third-order valence-corrected chi connectivity index (χ3v) is 3.40. The molecule has 4 heteroatoms. The van der Waals surface area contributed by atoms with E-state index in [1.54, 1.807) is 13.8 Å². The molecule has 0 spiro atoms. The molecule has 0 amide bonds. The maximum absolute atomic E-state index is 10.9. The van der Waals surface area contributed by atoms with E-state index in [2.05, 4.69) is 24.2 Å². The van der Waals surface area contributed by atoms with Gasteiger partial charge >= 0.3 is 5.97 Å². The molecule has 1 unspecified atom stereocenters. The molecular formula is C12H24N2O2. The van der Waals surface area contributed by atoms with Crippen LogP contribution >= 0.6 is 0 Å². The molecule has 1 rings (SSSR count). The third-order valence-electron chi connectivity index (χ3n) is 3.40. The first-order chi connectivity index (χ1) is 7.34. The van der Waals surface area contributed by atoms with Crippen LogP contribution in [0.25, 0.3) is 0 Å². The Hall–Kier alpha value is -0.610. The Morgan fingerprint density at radius 1 is 1.56 bits per heavy atom. The number of likely N-dealkylation sites (N-methyl/N-ethyl adjacent to an activating group) is 1. The second-order valence-electron chi connectivity index (χ2n) is 5.57. The van der Waals surface area contributed by atoms with E-state index in [1.165, 1.54) is 12.8 Å². The second kappa shape index (κ2) is 5.15. The Kier molecular flexibility index (Phi) is 4.33. The van der Waals surface area contributed by atoms with Gasteiger partial charge in [0.25, 0.3) is 0 Å². The standard InChI is InChI=1S/C12H24N2O2/c1-9(14(4)10-5-6-10)7-13-8-12(2,3)11(15)16/h9-10,13H,5-8H2,1-4H3,(H,15,16). The van der Waals surface area contributed by atoms with E-state index < -0.39 is 11.4 Å². The van der Waals surface area contributed by atoms with Crippen molar-refractivity contribution in [2.45, 2.75) is 45.7 Å². The van der Waals surface area contributed by atoms with E-state index in [4.69, 9.17) is 5.11 Å². The highest BCUT2D eigenvalue weighted by atomic mass is 16.4. The van der Waals surface area contributed by atoms with Gasteiger partial charge in [-0.15, -0.1) is 0 Å². The highest BCUT2D eigenvalue weighted by molar-refractivity contribution is 5.73. The molecule has 0 bridgehead atoms. The summed E-state index contributed by atoms with van der Waals surface area (Å²) in [5.74, 6) is -0.747. The van der Waals surface area contributed by atoms with Gasteiger partial charge in [0.1, 0.15) is 0 Å². The highest BCUT2D eigenvalue weighted by Gasteiger charge is 2.30. The number of hydrogen-bond acceptors (Lipinski definition) is 3. The van der Waals surface area contributed by atoms with Crippen molar-refractivity contribution >= 4 is 5.97 Å². The summed E-state index contributed by atoms with van der Waals surface area (Å²) in [5.41, 5.74) is -0.683. The van der Waals surface area contributed by atoms with Crippen LogP contribution in [-0.2, 0) is 4.79 Å². The first kappa shape index (κ1) is 13.5. The predicted octanol–water partition coefficient (Wildman–Crippen LogP) is 1.17. The molecule has 94 valence electrons. The SMILES string of the molecule is CC(CNCC(C)(C)C(=O)O)N(C)C1CC1. The highest BCUT2D eigenvalue weighted by Crippen LogP contribution is 2.26. The van der Waals surface area contributed by atoms with Crippen molar-refractivity contribution in [1.29, 1.82) is 0 Å². The maximum Gasteiger partial charge on any atom is 0.310 e. The first-order valence-corrected chi connectivity index (χ1v) is 6.00. The molecule has 0 aromatic rings. The van der Waals surface area contributed by atoms with Crippen molar-refractivity contribution in [3.8, 4) is 0 Å². The summed E-state index contributed by atoms with van der Waals surface area (Å²) >= 11 is 0. The summed E-state index contributed by atoms with van der Waals surface area (Å²) in [6, 6.07) is 1.22. The molecule has 2 N–H and O–H groups in total. The van der Waals surface area contributed by atoms with Crippen molar-refractivity contribution in [2.24, 2.45) is 5.41 Å². The van der Waals surface area contributed by atoms with Crippen molar-refractivity contribution in [3.05, 3.63) is 0 Å². The molecule has 1 saturated carbocycles. The Morgan fingerprint density at radius 3 is 2.56 bits per heavy atom. The van der Waals surface area contributed by atoms with Crippen LogP contribution in [0.2, 0.25) is 0 Å². The van der Waals surface area contributed by atoms with Crippen LogP contribution in [0, 0.1) is 5.41 Å². The molecule has 0 aromatic heterocycles. The van der Waals surface area contributed by atoms with Crippen molar-refractivity contribution in [2.75, 3.05) is 20.1 Å². The van der Waals surface area contributed by atoms with Gasteiger partial charge in [0.2, 0.25) is 0 Å². The zero-order chi connectivity index (χ0) is 12.3. The molecule has 1 aliphatic rings. The molecule has 0 saturated heterocycles. The van der Waals surface area contributed by atoms with E-state index in [-0.39, 0.29) is 0 Å². The van der Waals surface area contributed by atoms with Crippen molar-refractivity contribution < 1.29 is 9.90 Å². The Labute approximate surface area is 98.0 Å². The Balaban J connectivity index is 2.21. The Morgan fingerprint density at radius 2 is 2.12 bits per heavy atom. The lowest BCUT2D eigenvalue weighted by molar-refractivity contribution is -0.146. The lowest BCUT2D eigenvalue weighted by atomic mass is 9.94. The van der Waals surface area contributed by atoms with E-state index in [0.717, 1.165) is 12.6 Å². The lowest BCUT2D eigenvalue weighted by Crippen LogP contribution is -2.43. The summed E-state index contributed by atoms with van der Waals surface area (Å²) in [7, 11) is 2.15. The van der Waals surface area contributed by atoms with Crippen LogP contribution in [-0.4, -0.2) is 48.2 Å². The van der Waals surface area contributed by atoms with E-state index >= 15 is 0 Å². The molecule has 0 aromatic carbocycles. The fourth-order valence-corrected chi connectivity index (χ4v) is 1.65. The largest absolute Gasteiger partial charge is 0.481 e. The lowest BCUT2D eigenvalue weighted by Gasteiger charge is -2.26. The number of carboxylic acid groups (broad SMARTS) is 1. The van der Waals surface area contributed by atoms with Gasteiger partial charge in [-0.25, -0.2) is 0 Å². The average Bonchev–Trinajstić information content (AvgIpc) is 2.99. The number of aliphatic carboxylic acids is 1. The molecule has 4 nitrogen and oxygen atoms in total. The van der Waals surface area contributed by atoms with Crippen LogP contribution in [0.4, 0.5) is 0 Å². The van der Waals surface area contributed by atoms with Crippen LogP contribution in [0.3, 0.4) is 0 Å². The van der Waals surface area contributed by atoms with Crippen molar-refractivity contribution in [3.63, 3.8) is 0 Å². The molecule has 1 aliphatic carbocycles. The van der Waals surface area contributed by atoms with Gasteiger partial charge in [-0.2, -0.15) is 0 Å². The number of carboxylic acids is 1. The molecule has 0 heterocycles. The number of carbonyl (C=O) groups is 1. The molecule has 1 atom stereocenters. The molecule has 16 heavy (non-hydrogen) atoms. The van der Waals surface area contributed by atoms with Crippen LogP contribution in [0.5, 0.6) is 0 Å². The average molecular weight is 228 g/mol. The zero-order valence-electron chi connectivity index (χ0n) is 10.8. The third kappa shape index (κ3) is 3.76. The number of rotatable bonds is 7. The minimum absolute atomic E-state index is 0.470. The smallest absolute Gasteiger partial charge is 0.310 e. The fourth-order valence-electron chi connectivity index (χ4n) is 1.65.